The molecule has 0 aromatic carbocycles. The van der Waals surface area contributed by atoms with Crippen molar-refractivity contribution in [3.63, 3.8) is 0 Å². The van der Waals surface area contributed by atoms with Crippen molar-refractivity contribution in [2.45, 2.75) is 51.5 Å². The summed E-state index contributed by atoms with van der Waals surface area (Å²) in [6.45, 7) is 4.72. The molecule has 0 radical (unpaired) electrons. The SMILES string of the molecule is CCC(N)(CC)CNC(=O)CC1C=CCC1. The Morgan fingerprint density at radius 3 is 2.69 bits per heavy atom. The highest BCUT2D eigenvalue weighted by Crippen LogP contribution is 2.20. The van der Waals surface area contributed by atoms with Gasteiger partial charge in [-0.25, -0.2) is 0 Å². The first kappa shape index (κ1) is 13.2. The number of hydrogen-bond donors (Lipinski definition) is 2. The topological polar surface area (TPSA) is 55.1 Å². The van der Waals surface area contributed by atoms with Crippen molar-refractivity contribution in [3.05, 3.63) is 12.2 Å². The smallest absolute Gasteiger partial charge is 0.220 e. The Morgan fingerprint density at radius 2 is 2.19 bits per heavy atom. The van der Waals surface area contributed by atoms with E-state index in [9.17, 15) is 4.79 Å². The molecule has 0 aromatic heterocycles. The fraction of sp³-hybridized carbons (Fsp3) is 0.769. The summed E-state index contributed by atoms with van der Waals surface area (Å²) < 4.78 is 0. The van der Waals surface area contributed by atoms with Crippen LogP contribution in [0.25, 0.3) is 0 Å². The van der Waals surface area contributed by atoms with Crippen LogP contribution in [-0.2, 0) is 4.79 Å². The Bertz CT molecular complexity index is 257. The zero-order chi connectivity index (χ0) is 12.0. The normalized spacial score (nSPS) is 20.1. The summed E-state index contributed by atoms with van der Waals surface area (Å²) in [7, 11) is 0. The Kier molecular flexibility index (Phi) is 5.00. The van der Waals surface area contributed by atoms with Gasteiger partial charge in [0.15, 0.2) is 0 Å². The number of carbonyl (C=O) groups excluding carboxylic acids is 1. The van der Waals surface area contributed by atoms with Crippen molar-refractivity contribution in [2.24, 2.45) is 11.7 Å². The first-order valence-corrected chi connectivity index (χ1v) is 6.32. The molecule has 16 heavy (non-hydrogen) atoms. The van der Waals surface area contributed by atoms with Crippen LogP contribution in [0.2, 0.25) is 0 Å². The molecule has 0 aromatic rings. The minimum Gasteiger partial charge on any atom is -0.354 e. The van der Waals surface area contributed by atoms with Gasteiger partial charge in [0.1, 0.15) is 0 Å². The van der Waals surface area contributed by atoms with Crippen LogP contribution in [0.3, 0.4) is 0 Å². The van der Waals surface area contributed by atoms with Crippen molar-refractivity contribution in [1.82, 2.24) is 5.32 Å². The minimum absolute atomic E-state index is 0.133. The molecule has 1 aliphatic carbocycles. The van der Waals surface area contributed by atoms with Crippen molar-refractivity contribution >= 4 is 5.91 Å². The number of hydrogen-bond acceptors (Lipinski definition) is 2. The number of nitrogens with two attached hydrogens (primary N) is 1. The van der Waals surface area contributed by atoms with Crippen LogP contribution in [0.4, 0.5) is 0 Å². The van der Waals surface area contributed by atoms with E-state index in [1.54, 1.807) is 0 Å². The molecule has 0 saturated carbocycles. The van der Waals surface area contributed by atoms with Crippen LogP contribution >= 0.6 is 0 Å². The van der Waals surface area contributed by atoms with Crippen LogP contribution in [-0.4, -0.2) is 18.0 Å². The molecule has 3 heteroatoms. The van der Waals surface area contributed by atoms with Gasteiger partial charge in [0.05, 0.1) is 0 Å². The number of rotatable bonds is 6. The second-order valence-electron chi connectivity index (χ2n) is 4.82. The molecule has 3 nitrogen and oxygen atoms in total. The lowest BCUT2D eigenvalue weighted by Gasteiger charge is -2.27. The summed E-state index contributed by atoms with van der Waals surface area (Å²) in [6.07, 6.45) is 8.93. The monoisotopic (exact) mass is 224 g/mol. The standard InChI is InChI=1S/C13H24N2O/c1-3-13(14,4-2)10-15-12(16)9-11-7-5-6-8-11/h5,7,11H,3-4,6,8-10,14H2,1-2H3,(H,15,16). The molecule has 0 fully saturated rings. The molecule has 1 amide bonds. The van der Waals surface area contributed by atoms with Gasteiger partial charge < -0.3 is 11.1 Å². The first-order chi connectivity index (χ1) is 7.59. The molecule has 0 bridgehead atoms. The molecule has 92 valence electrons. The lowest BCUT2D eigenvalue weighted by atomic mass is 9.94. The largest absolute Gasteiger partial charge is 0.354 e. The quantitative estimate of drug-likeness (QED) is 0.678. The second kappa shape index (κ2) is 6.04. The molecular formula is C13H24N2O. The Labute approximate surface area is 98.5 Å². The third-order valence-corrected chi connectivity index (χ3v) is 3.61. The molecule has 3 N–H and O–H groups in total. The average Bonchev–Trinajstić information content (AvgIpc) is 2.79. The van der Waals surface area contributed by atoms with Gasteiger partial charge in [0.2, 0.25) is 5.91 Å². The number of allylic oxidation sites excluding steroid dienone is 2. The molecule has 0 saturated heterocycles. The highest BCUT2D eigenvalue weighted by atomic mass is 16.1. The first-order valence-electron chi connectivity index (χ1n) is 6.32. The van der Waals surface area contributed by atoms with Crippen LogP contribution in [0.15, 0.2) is 12.2 Å². The summed E-state index contributed by atoms with van der Waals surface area (Å²) in [6, 6.07) is 0. The van der Waals surface area contributed by atoms with E-state index in [1.165, 1.54) is 0 Å². The highest BCUT2D eigenvalue weighted by Gasteiger charge is 2.21. The van der Waals surface area contributed by atoms with Crippen molar-refractivity contribution in [3.8, 4) is 0 Å². The van der Waals surface area contributed by atoms with Crippen LogP contribution in [0, 0.1) is 5.92 Å². The summed E-state index contributed by atoms with van der Waals surface area (Å²) >= 11 is 0. The zero-order valence-electron chi connectivity index (χ0n) is 10.5. The van der Waals surface area contributed by atoms with Crippen LogP contribution < -0.4 is 11.1 Å². The maximum Gasteiger partial charge on any atom is 0.220 e. The van der Waals surface area contributed by atoms with E-state index in [4.69, 9.17) is 5.73 Å². The Hall–Kier alpha value is -0.830. The Balaban J connectivity index is 2.26. The maximum absolute atomic E-state index is 11.7. The highest BCUT2D eigenvalue weighted by molar-refractivity contribution is 5.76. The van der Waals surface area contributed by atoms with Gasteiger partial charge >= 0.3 is 0 Å². The molecule has 1 aliphatic rings. The van der Waals surface area contributed by atoms with Crippen molar-refractivity contribution < 1.29 is 4.79 Å². The fourth-order valence-corrected chi connectivity index (χ4v) is 1.95. The van der Waals surface area contributed by atoms with E-state index in [0.717, 1.165) is 25.7 Å². The lowest BCUT2D eigenvalue weighted by Crippen LogP contribution is -2.49. The van der Waals surface area contributed by atoms with Gasteiger partial charge in [-0.3, -0.25) is 4.79 Å². The second-order valence-corrected chi connectivity index (χ2v) is 4.82. The molecule has 0 spiro atoms. The third kappa shape index (κ3) is 3.97. The van der Waals surface area contributed by atoms with Gasteiger partial charge in [0.25, 0.3) is 0 Å². The van der Waals surface area contributed by atoms with Gasteiger partial charge in [-0.2, -0.15) is 0 Å². The van der Waals surface area contributed by atoms with Crippen LogP contribution in [0.1, 0.15) is 46.0 Å². The van der Waals surface area contributed by atoms with Crippen LogP contribution in [0.5, 0.6) is 0 Å². The molecule has 1 atom stereocenters. The van der Waals surface area contributed by atoms with Crippen molar-refractivity contribution in [2.75, 3.05) is 6.54 Å². The summed E-state index contributed by atoms with van der Waals surface area (Å²) in [5.41, 5.74) is 5.89. The maximum atomic E-state index is 11.7. The van der Waals surface area contributed by atoms with E-state index in [-0.39, 0.29) is 11.4 Å². The fourth-order valence-electron chi connectivity index (χ4n) is 1.95. The number of amides is 1. The third-order valence-electron chi connectivity index (χ3n) is 3.61. The van der Waals surface area contributed by atoms with E-state index >= 15 is 0 Å². The molecule has 0 heterocycles. The summed E-state index contributed by atoms with van der Waals surface area (Å²) in [5.74, 6) is 0.573. The van der Waals surface area contributed by atoms with E-state index < -0.39 is 0 Å². The number of nitrogens with one attached hydrogen (secondary N) is 1. The molecule has 0 aliphatic heterocycles. The zero-order valence-corrected chi connectivity index (χ0v) is 10.5. The van der Waals surface area contributed by atoms with Gasteiger partial charge in [-0.15, -0.1) is 0 Å². The number of carbonyl (C=O) groups is 1. The summed E-state index contributed by atoms with van der Waals surface area (Å²) in [4.78, 5) is 11.7. The van der Waals surface area contributed by atoms with Gasteiger partial charge in [0, 0.05) is 18.5 Å². The molecular weight excluding hydrogens is 200 g/mol. The Morgan fingerprint density at radius 1 is 1.50 bits per heavy atom. The average molecular weight is 224 g/mol. The van der Waals surface area contributed by atoms with Gasteiger partial charge in [-0.05, 0) is 31.6 Å². The minimum atomic E-state index is -0.235. The van der Waals surface area contributed by atoms with E-state index in [0.29, 0.717) is 18.9 Å². The molecule has 1 rings (SSSR count). The predicted molar refractivity (Wildman–Crippen MR) is 67.0 cm³/mol. The lowest BCUT2D eigenvalue weighted by molar-refractivity contribution is -0.122. The van der Waals surface area contributed by atoms with Crippen molar-refractivity contribution in [1.29, 1.82) is 0 Å². The van der Waals surface area contributed by atoms with E-state index in [2.05, 4.69) is 31.3 Å². The molecule has 1 unspecified atom stereocenters. The predicted octanol–water partition coefficient (Wildman–Crippen LogP) is 1.98. The van der Waals surface area contributed by atoms with Gasteiger partial charge in [-0.1, -0.05) is 26.0 Å². The summed E-state index contributed by atoms with van der Waals surface area (Å²) in [5, 5.41) is 2.95. The van der Waals surface area contributed by atoms with E-state index in [1.807, 2.05) is 0 Å².